The van der Waals surface area contributed by atoms with Gasteiger partial charge in [0.1, 0.15) is 0 Å². The van der Waals surface area contributed by atoms with Gasteiger partial charge in [0.05, 0.1) is 0 Å². The highest BCUT2D eigenvalue weighted by Gasteiger charge is 2.10. The van der Waals surface area contributed by atoms with Gasteiger partial charge in [-0.2, -0.15) is 0 Å². The number of aromatic nitrogens is 1. The first-order valence-electron chi connectivity index (χ1n) is 6.80. The summed E-state index contributed by atoms with van der Waals surface area (Å²) in [6, 6.07) is 8.64. The lowest BCUT2D eigenvalue weighted by molar-refractivity contribution is 0.646. The van der Waals surface area contributed by atoms with Gasteiger partial charge in [-0.25, -0.2) is 0 Å². The maximum absolute atomic E-state index is 6.34. The van der Waals surface area contributed by atoms with Gasteiger partial charge in [-0.1, -0.05) is 18.2 Å². The van der Waals surface area contributed by atoms with E-state index < -0.39 is 0 Å². The van der Waals surface area contributed by atoms with E-state index in [1.807, 2.05) is 12.3 Å². The molecule has 19 heavy (non-hydrogen) atoms. The van der Waals surface area contributed by atoms with Crippen molar-refractivity contribution in [3.8, 4) is 0 Å². The molecule has 0 fully saturated rings. The summed E-state index contributed by atoms with van der Waals surface area (Å²) < 4.78 is 0. The fourth-order valence-corrected chi connectivity index (χ4v) is 2.41. The molecule has 0 spiro atoms. The van der Waals surface area contributed by atoms with Gasteiger partial charge in [-0.3, -0.25) is 4.98 Å². The highest BCUT2D eigenvalue weighted by atomic mass is 14.6. The van der Waals surface area contributed by atoms with Crippen molar-refractivity contribution in [1.29, 1.82) is 0 Å². The zero-order valence-corrected chi connectivity index (χ0v) is 12.0. The quantitative estimate of drug-likeness (QED) is 0.904. The van der Waals surface area contributed by atoms with Crippen LogP contribution < -0.4 is 5.73 Å². The van der Waals surface area contributed by atoms with E-state index in [1.165, 1.54) is 27.8 Å². The number of pyridine rings is 1. The summed E-state index contributed by atoms with van der Waals surface area (Å²) in [5.41, 5.74) is 12.8. The van der Waals surface area contributed by atoms with Crippen molar-refractivity contribution in [2.75, 3.05) is 0 Å². The average Bonchev–Trinajstić information content (AvgIpc) is 2.41. The van der Waals surface area contributed by atoms with Gasteiger partial charge in [-0.15, -0.1) is 0 Å². The molecule has 2 heteroatoms. The molecule has 2 N–H and O–H groups in total. The number of aryl methyl sites for hydroxylation is 4. The molecule has 1 aromatic heterocycles. The minimum absolute atomic E-state index is 0.0968. The topological polar surface area (TPSA) is 38.9 Å². The van der Waals surface area contributed by atoms with E-state index in [2.05, 4.69) is 44.0 Å². The van der Waals surface area contributed by atoms with Gasteiger partial charge >= 0.3 is 0 Å². The van der Waals surface area contributed by atoms with Crippen molar-refractivity contribution in [2.24, 2.45) is 5.73 Å². The molecule has 1 heterocycles. The Morgan fingerprint density at radius 2 is 1.84 bits per heavy atom. The normalized spacial score (nSPS) is 12.4. The summed E-state index contributed by atoms with van der Waals surface area (Å²) >= 11 is 0. The smallest absolute Gasteiger partial charge is 0.0300 e. The van der Waals surface area contributed by atoms with E-state index in [4.69, 9.17) is 5.73 Å². The first kappa shape index (κ1) is 13.8. The first-order chi connectivity index (χ1) is 9.08. The van der Waals surface area contributed by atoms with Gasteiger partial charge in [-0.05, 0) is 67.5 Å². The molecule has 100 valence electrons. The molecule has 0 aliphatic carbocycles. The number of benzene rings is 1. The highest BCUT2D eigenvalue weighted by molar-refractivity contribution is 5.38. The third-order valence-electron chi connectivity index (χ3n) is 3.75. The summed E-state index contributed by atoms with van der Waals surface area (Å²) in [6.45, 7) is 6.44. The van der Waals surface area contributed by atoms with Crippen molar-refractivity contribution in [2.45, 2.75) is 39.7 Å². The summed E-state index contributed by atoms with van der Waals surface area (Å²) in [4.78, 5) is 4.14. The Labute approximate surface area is 115 Å². The first-order valence-corrected chi connectivity index (χ1v) is 6.80. The Kier molecular flexibility index (Phi) is 4.33. The second kappa shape index (κ2) is 5.98. The molecule has 0 bridgehead atoms. The van der Waals surface area contributed by atoms with Crippen molar-refractivity contribution < 1.29 is 0 Å². The summed E-state index contributed by atoms with van der Waals surface area (Å²) in [6.07, 6.45) is 5.65. The van der Waals surface area contributed by atoms with Crippen LogP contribution in [0.4, 0.5) is 0 Å². The minimum Gasteiger partial charge on any atom is -0.324 e. The zero-order chi connectivity index (χ0) is 13.8. The minimum atomic E-state index is 0.0968. The van der Waals surface area contributed by atoms with Crippen LogP contribution in [0.25, 0.3) is 0 Å². The Balaban J connectivity index is 2.08. The molecule has 2 aromatic rings. The van der Waals surface area contributed by atoms with Crippen LogP contribution in [0.1, 0.15) is 40.3 Å². The van der Waals surface area contributed by atoms with Gasteiger partial charge in [0, 0.05) is 18.4 Å². The maximum Gasteiger partial charge on any atom is 0.0300 e. The number of nitrogens with two attached hydrogens (primary N) is 1. The predicted molar refractivity (Wildman–Crippen MR) is 80.1 cm³/mol. The second-order valence-corrected chi connectivity index (χ2v) is 5.30. The molecule has 0 amide bonds. The van der Waals surface area contributed by atoms with E-state index in [1.54, 1.807) is 6.20 Å². The molecule has 1 atom stereocenters. The van der Waals surface area contributed by atoms with Crippen LogP contribution in [0.2, 0.25) is 0 Å². The molecule has 1 unspecified atom stereocenters. The van der Waals surface area contributed by atoms with Gasteiger partial charge < -0.3 is 5.73 Å². The van der Waals surface area contributed by atoms with Crippen LogP contribution in [-0.2, 0) is 6.42 Å². The molecular formula is C17H22N2. The third kappa shape index (κ3) is 3.42. The van der Waals surface area contributed by atoms with Crippen LogP contribution in [0.5, 0.6) is 0 Å². The number of hydrogen-bond acceptors (Lipinski definition) is 2. The fourth-order valence-electron chi connectivity index (χ4n) is 2.41. The summed E-state index contributed by atoms with van der Waals surface area (Å²) in [7, 11) is 0. The number of rotatable bonds is 4. The van der Waals surface area contributed by atoms with E-state index in [0.29, 0.717) is 0 Å². The van der Waals surface area contributed by atoms with Crippen LogP contribution >= 0.6 is 0 Å². The van der Waals surface area contributed by atoms with Crippen molar-refractivity contribution in [1.82, 2.24) is 4.98 Å². The second-order valence-electron chi connectivity index (χ2n) is 5.30. The van der Waals surface area contributed by atoms with E-state index in [9.17, 15) is 0 Å². The molecular weight excluding hydrogens is 232 g/mol. The molecule has 0 saturated heterocycles. The Morgan fingerprint density at radius 3 is 2.53 bits per heavy atom. The molecule has 1 aromatic carbocycles. The molecule has 2 nitrogen and oxygen atoms in total. The molecule has 0 aliphatic rings. The summed E-state index contributed by atoms with van der Waals surface area (Å²) in [5.74, 6) is 0. The fraction of sp³-hybridized carbons (Fsp3) is 0.353. The molecule has 0 aliphatic heterocycles. The Hall–Kier alpha value is -1.67. The monoisotopic (exact) mass is 254 g/mol. The molecule has 0 radical (unpaired) electrons. The molecule has 2 rings (SSSR count). The maximum atomic E-state index is 6.34. The lowest BCUT2D eigenvalue weighted by Gasteiger charge is -2.17. The van der Waals surface area contributed by atoms with E-state index in [0.717, 1.165) is 12.8 Å². The van der Waals surface area contributed by atoms with Crippen LogP contribution in [0.15, 0.2) is 36.7 Å². The third-order valence-corrected chi connectivity index (χ3v) is 3.75. The SMILES string of the molecule is Cc1cc(C)c(C(N)CCc2cccnc2)cc1C. The van der Waals surface area contributed by atoms with Crippen LogP contribution in [-0.4, -0.2) is 4.98 Å². The van der Waals surface area contributed by atoms with Crippen molar-refractivity contribution >= 4 is 0 Å². The Bertz CT molecular complexity index is 547. The highest BCUT2D eigenvalue weighted by Crippen LogP contribution is 2.23. The van der Waals surface area contributed by atoms with Gasteiger partial charge in [0.2, 0.25) is 0 Å². The van der Waals surface area contributed by atoms with Gasteiger partial charge in [0.15, 0.2) is 0 Å². The van der Waals surface area contributed by atoms with Gasteiger partial charge in [0.25, 0.3) is 0 Å². The average molecular weight is 254 g/mol. The number of hydrogen-bond donors (Lipinski definition) is 1. The predicted octanol–water partition coefficient (Wildman–Crippen LogP) is 3.64. The van der Waals surface area contributed by atoms with Crippen LogP contribution in [0.3, 0.4) is 0 Å². The standard InChI is InChI=1S/C17H22N2/c1-12-9-14(3)16(10-13(12)2)17(18)7-6-15-5-4-8-19-11-15/h4-5,8-11,17H,6-7,18H2,1-3H3. The van der Waals surface area contributed by atoms with Crippen molar-refractivity contribution in [3.63, 3.8) is 0 Å². The zero-order valence-electron chi connectivity index (χ0n) is 12.0. The lowest BCUT2D eigenvalue weighted by Crippen LogP contribution is -2.13. The van der Waals surface area contributed by atoms with E-state index >= 15 is 0 Å². The summed E-state index contributed by atoms with van der Waals surface area (Å²) in [5, 5.41) is 0. The Morgan fingerprint density at radius 1 is 1.11 bits per heavy atom. The molecule has 0 saturated carbocycles. The largest absolute Gasteiger partial charge is 0.324 e. The lowest BCUT2D eigenvalue weighted by atomic mass is 9.93. The van der Waals surface area contributed by atoms with Crippen LogP contribution in [0, 0.1) is 20.8 Å². The van der Waals surface area contributed by atoms with Crippen molar-refractivity contribution in [3.05, 3.63) is 64.5 Å². The number of nitrogens with zero attached hydrogens (tertiary/aromatic N) is 1. The van der Waals surface area contributed by atoms with E-state index in [-0.39, 0.29) is 6.04 Å².